The molecule has 5 rings (SSSR count). The summed E-state index contributed by atoms with van der Waals surface area (Å²) in [6.45, 7) is 0. The van der Waals surface area contributed by atoms with Crippen LogP contribution in [0.15, 0.2) is 48.5 Å². The molecule has 5 heteroatoms. The molecule has 2 aliphatic rings. The largest absolute Gasteiger partial charge is 0.480 e. The number of methoxy groups -OCH3 is 1. The molecule has 0 bridgehead atoms. The summed E-state index contributed by atoms with van der Waals surface area (Å²) in [5.74, 6) is 0.691. The van der Waals surface area contributed by atoms with Crippen LogP contribution in [0.25, 0.3) is 11.1 Å². The van der Waals surface area contributed by atoms with Gasteiger partial charge < -0.3 is 9.47 Å². The molecule has 0 spiro atoms. The Morgan fingerprint density at radius 3 is 2.60 bits per heavy atom. The Hall–Kier alpha value is -2.92. The van der Waals surface area contributed by atoms with Crippen molar-refractivity contribution in [2.75, 3.05) is 7.11 Å². The van der Waals surface area contributed by atoms with Crippen LogP contribution in [0.1, 0.15) is 45.5 Å². The first kappa shape index (κ1) is 19.1. The van der Waals surface area contributed by atoms with E-state index >= 15 is 0 Å². The third-order valence-corrected chi connectivity index (χ3v) is 6.86. The van der Waals surface area contributed by atoms with Crippen LogP contribution in [0.5, 0.6) is 11.8 Å². The van der Waals surface area contributed by atoms with Gasteiger partial charge in [0.05, 0.1) is 22.9 Å². The molecule has 1 heterocycles. The van der Waals surface area contributed by atoms with Crippen molar-refractivity contribution < 1.29 is 14.3 Å². The fraction of sp³-hybridized carbons (Fsp3) is 0.280. The molecule has 0 N–H and O–H groups in total. The summed E-state index contributed by atoms with van der Waals surface area (Å²) in [6.07, 6.45) is 6.00. The molecule has 0 amide bonds. The topological polar surface area (TPSA) is 48.4 Å². The van der Waals surface area contributed by atoms with Crippen molar-refractivity contribution in [3.05, 3.63) is 76.3 Å². The summed E-state index contributed by atoms with van der Waals surface area (Å²) in [7, 11) is 5.42. The van der Waals surface area contributed by atoms with Gasteiger partial charge in [-0.3, -0.25) is 4.79 Å². The Morgan fingerprint density at radius 2 is 1.80 bits per heavy atom. The highest BCUT2D eigenvalue weighted by Crippen LogP contribution is 2.44. The van der Waals surface area contributed by atoms with E-state index in [9.17, 15) is 4.79 Å². The van der Waals surface area contributed by atoms with E-state index in [4.69, 9.17) is 9.47 Å². The lowest BCUT2D eigenvalue weighted by molar-refractivity contribution is 0.111. The first-order chi connectivity index (χ1) is 14.6. The van der Waals surface area contributed by atoms with E-state index in [0.29, 0.717) is 11.4 Å². The number of nitrogens with zero attached hydrogens (tertiary/aromatic N) is 1. The number of hydrogen-bond acceptors (Lipinski definition) is 4. The lowest BCUT2D eigenvalue weighted by Gasteiger charge is -2.27. The first-order valence-electron chi connectivity index (χ1n) is 10.3. The molecule has 0 saturated carbocycles. The summed E-state index contributed by atoms with van der Waals surface area (Å²) in [5, 5.41) is -0.663. The van der Waals surface area contributed by atoms with Gasteiger partial charge in [-0.1, -0.05) is 36.4 Å². The molecule has 0 saturated heterocycles. The van der Waals surface area contributed by atoms with E-state index in [0.717, 1.165) is 31.1 Å². The second-order valence-corrected chi connectivity index (χ2v) is 8.73. The van der Waals surface area contributed by atoms with Crippen LogP contribution in [-0.4, -0.2) is 28.6 Å². The summed E-state index contributed by atoms with van der Waals surface area (Å²) < 4.78 is 11.5. The fourth-order valence-electron chi connectivity index (χ4n) is 4.82. The SMILES string of the molecule is COc1nc(OC2([Si])CCc3c(-c4cccc5c4CCC5)cccc32)ccc1C=O. The third-order valence-electron chi connectivity index (χ3n) is 6.24. The van der Waals surface area contributed by atoms with Gasteiger partial charge in [0, 0.05) is 6.07 Å². The normalized spacial score (nSPS) is 19.3. The molecule has 1 unspecified atom stereocenters. The number of carbonyl (C=O) groups excluding carboxylic acids is 1. The van der Waals surface area contributed by atoms with Crippen molar-refractivity contribution >= 4 is 16.5 Å². The zero-order valence-electron chi connectivity index (χ0n) is 16.9. The minimum Gasteiger partial charge on any atom is -0.480 e. The molecule has 149 valence electrons. The summed E-state index contributed by atoms with van der Waals surface area (Å²) in [6, 6.07) is 16.5. The Kier molecular flexibility index (Phi) is 4.70. The van der Waals surface area contributed by atoms with Crippen LogP contribution >= 0.6 is 0 Å². The molecule has 1 atom stereocenters. The van der Waals surface area contributed by atoms with Crippen LogP contribution < -0.4 is 9.47 Å². The maximum atomic E-state index is 11.2. The molecule has 2 aromatic carbocycles. The molecule has 1 aromatic heterocycles. The monoisotopic (exact) mass is 412 g/mol. The van der Waals surface area contributed by atoms with Crippen LogP contribution in [0.2, 0.25) is 0 Å². The maximum absolute atomic E-state index is 11.2. The van der Waals surface area contributed by atoms with Crippen LogP contribution in [0.3, 0.4) is 0 Å². The summed E-state index contributed by atoms with van der Waals surface area (Å²) in [4.78, 5) is 15.5. The van der Waals surface area contributed by atoms with Gasteiger partial charge in [-0.2, -0.15) is 4.98 Å². The molecule has 0 fully saturated rings. The Labute approximate surface area is 179 Å². The fourth-order valence-corrected chi connectivity index (χ4v) is 5.29. The number of pyridine rings is 1. The first-order valence-corrected chi connectivity index (χ1v) is 10.8. The van der Waals surface area contributed by atoms with E-state index in [1.807, 2.05) is 0 Å². The number of fused-ring (bicyclic) bond motifs is 2. The van der Waals surface area contributed by atoms with Crippen molar-refractivity contribution in [1.29, 1.82) is 0 Å². The van der Waals surface area contributed by atoms with Crippen LogP contribution in [0.4, 0.5) is 0 Å². The molecule has 30 heavy (non-hydrogen) atoms. The number of aromatic nitrogens is 1. The third kappa shape index (κ3) is 3.05. The van der Waals surface area contributed by atoms with Gasteiger partial charge in [-0.15, -0.1) is 0 Å². The lowest BCUT2D eigenvalue weighted by Crippen LogP contribution is -2.31. The number of rotatable bonds is 5. The number of aryl methyl sites for hydroxylation is 1. The standard InChI is InChI=1S/C25H22NO3Si/c1-28-24-17(15-27)11-12-23(26-24)29-25(30)14-13-21-20(9-4-10-22(21)25)19-8-3-6-16-5-2-7-18(16)19/h3-4,6,8-12,15H,2,5,7,13-14H2,1H3. The molecular weight excluding hydrogens is 390 g/mol. The van der Waals surface area contributed by atoms with Gasteiger partial charge in [-0.25, -0.2) is 0 Å². The molecule has 4 nitrogen and oxygen atoms in total. The highest BCUT2D eigenvalue weighted by molar-refractivity contribution is 6.15. The second kappa shape index (κ2) is 7.40. The van der Waals surface area contributed by atoms with Crippen molar-refractivity contribution in [3.8, 4) is 22.9 Å². The van der Waals surface area contributed by atoms with E-state index in [-0.39, 0.29) is 5.88 Å². The van der Waals surface area contributed by atoms with Crippen molar-refractivity contribution in [2.45, 2.75) is 37.3 Å². The van der Waals surface area contributed by atoms with Crippen LogP contribution in [-0.2, 0) is 24.5 Å². The zero-order valence-corrected chi connectivity index (χ0v) is 17.9. The minimum atomic E-state index is -0.663. The van der Waals surface area contributed by atoms with Crippen molar-refractivity contribution in [3.63, 3.8) is 0 Å². The molecule has 2 aliphatic carbocycles. The molecule has 3 radical (unpaired) electrons. The molecular formula is C25H22NO3Si. The van der Waals surface area contributed by atoms with E-state index in [2.05, 4.69) is 51.6 Å². The van der Waals surface area contributed by atoms with Gasteiger partial charge in [-0.05, 0) is 71.6 Å². The highest BCUT2D eigenvalue weighted by Gasteiger charge is 2.38. The smallest absolute Gasteiger partial charge is 0.227 e. The zero-order chi connectivity index (χ0) is 20.7. The number of benzene rings is 2. The van der Waals surface area contributed by atoms with Gasteiger partial charge in [0.2, 0.25) is 11.8 Å². The Bertz CT molecular complexity index is 1140. The number of ether oxygens (including phenoxy) is 2. The minimum absolute atomic E-state index is 0.268. The average Bonchev–Trinajstić information content (AvgIpc) is 3.38. The van der Waals surface area contributed by atoms with Crippen molar-refractivity contribution in [1.82, 2.24) is 4.98 Å². The van der Waals surface area contributed by atoms with Gasteiger partial charge in [0.15, 0.2) is 6.29 Å². The lowest BCUT2D eigenvalue weighted by atomic mass is 9.91. The number of carbonyl (C=O) groups is 1. The Morgan fingerprint density at radius 1 is 1.00 bits per heavy atom. The van der Waals surface area contributed by atoms with Crippen molar-refractivity contribution in [2.24, 2.45) is 0 Å². The van der Waals surface area contributed by atoms with Gasteiger partial charge in [0.25, 0.3) is 0 Å². The molecule has 0 aliphatic heterocycles. The van der Waals surface area contributed by atoms with E-state index in [1.54, 1.807) is 12.1 Å². The van der Waals surface area contributed by atoms with E-state index in [1.165, 1.54) is 47.8 Å². The predicted octanol–water partition coefficient (Wildman–Crippen LogP) is 4.40. The Balaban J connectivity index is 1.53. The summed E-state index contributed by atoms with van der Waals surface area (Å²) >= 11 is 0. The maximum Gasteiger partial charge on any atom is 0.227 e. The quantitative estimate of drug-likeness (QED) is 0.460. The molecule has 3 aromatic rings. The number of aldehydes is 1. The van der Waals surface area contributed by atoms with Crippen LogP contribution in [0, 0.1) is 0 Å². The summed E-state index contributed by atoms with van der Waals surface area (Å²) in [5.41, 5.74) is 8.49. The van der Waals surface area contributed by atoms with Gasteiger partial charge in [0.1, 0.15) is 5.22 Å². The number of hydrogen-bond donors (Lipinski definition) is 0. The highest BCUT2D eigenvalue weighted by atomic mass is 28.1. The average molecular weight is 413 g/mol. The predicted molar refractivity (Wildman–Crippen MR) is 116 cm³/mol. The van der Waals surface area contributed by atoms with E-state index < -0.39 is 5.22 Å². The second-order valence-electron chi connectivity index (χ2n) is 7.92. The van der Waals surface area contributed by atoms with Gasteiger partial charge >= 0.3 is 0 Å².